The van der Waals surface area contributed by atoms with E-state index in [0.29, 0.717) is 0 Å². The molecule has 7 heteroatoms. The van der Waals surface area contributed by atoms with Crippen LogP contribution in [0.5, 0.6) is 0 Å². The minimum absolute atomic E-state index is 1.08. The first-order valence-corrected chi connectivity index (χ1v) is 8.00. The van der Waals surface area contributed by atoms with E-state index < -0.39 is 10.4 Å². The predicted octanol–water partition coefficient (Wildman–Crippen LogP) is 2.03. The van der Waals surface area contributed by atoms with Gasteiger partial charge in [0.15, 0.2) is 0 Å². The summed E-state index contributed by atoms with van der Waals surface area (Å²) < 4.78 is 32.8. The Morgan fingerprint density at radius 1 is 1.16 bits per heavy atom. The summed E-state index contributed by atoms with van der Waals surface area (Å²) in [6, 6.07) is 0. The zero-order chi connectivity index (χ0) is 14.7. The van der Waals surface area contributed by atoms with Gasteiger partial charge in [-0.1, -0.05) is 39.0 Å². The van der Waals surface area contributed by atoms with E-state index in [-0.39, 0.29) is 0 Å². The van der Waals surface area contributed by atoms with Crippen molar-refractivity contribution in [3.8, 4) is 0 Å². The first-order valence-electron chi connectivity index (χ1n) is 6.64. The van der Waals surface area contributed by atoms with E-state index in [0.717, 1.165) is 6.67 Å². The lowest BCUT2D eigenvalue weighted by molar-refractivity contribution is 0.290. The van der Waals surface area contributed by atoms with Gasteiger partial charge in [0.05, 0.1) is 6.67 Å². The molecule has 0 aromatic heterocycles. The second-order valence-corrected chi connectivity index (χ2v) is 5.56. The van der Waals surface area contributed by atoms with Crippen molar-refractivity contribution in [1.82, 2.24) is 9.80 Å². The molecule has 0 radical (unpaired) electrons. The van der Waals surface area contributed by atoms with Crippen molar-refractivity contribution in [1.29, 1.82) is 0 Å². The number of unbranched alkanes of at least 4 members (excludes halogenated alkanes) is 5. The number of hydrogen-bond acceptors (Lipinski definition) is 5. The molecule has 0 saturated heterocycles. The topological polar surface area (TPSA) is 83.9 Å². The van der Waals surface area contributed by atoms with Crippen LogP contribution in [0.15, 0.2) is 12.4 Å². The van der Waals surface area contributed by atoms with Gasteiger partial charge in [-0.05, 0) is 6.42 Å². The Morgan fingerprint density at radius 2 is 1.68 bits per heavy atom. The molecule has 0 atom stereocenters. The van der Waals surface area contributed by atoms with Gasteiger partial charge in [0.25, 0.3) is 0 Å². The molecule has 0 spiro atoms. The maximum absolute atomic E-state index is 8.63. The third kappa shape index (κ3) is 15.2. The Labute approximate surface area is 116 Å². The fourth-order valence-corrected chi connectivity index (χ4v) is 1.83. The molecule has 0 saturated carbocycles. The zero-order valence-electron chi connectivity index (χ0n) is 11.8. The van der Waals surface area contributed by atoms with Gasteiger partial charge in [0, 0.05) is 26.0 Å². The molecule has 6 nitrogen and oxygen atoms in total. The summed E-state index contributed by atoms with van der Waals surface area (Å²) in [6.45, 7) is 4.58. The van der Waals surface area contributed by atoms with E-state index in [2.05, 4.69) is 36.2 Å². The molecule has 0 aromatic carbocycles. The largest absolute Gasteiger partial charge is 0.726 e. The Morgan fingerprint density at radius 3 is 2.16 bits per heavy atom. The normalized spacial score (nSPS) is 14.5. The first-order chi connectivity index (χ1) is 8.83. The number of hydrogen-bond donors (Lipinski definition) is 1. The molecule has 1 aliphatic heterocycles. The lowest BCUT2D eigenvalue weighted by Crippen LogP contribution is -2.23. The van der Waals surface area contributed by atoms with Crippen molar-refractivity contribution in [2.24, 2.45) is 0 Å². The van der Waals surface area contributed by atoms with E-state index in [1.807, 2.05) is 0 Å². The van der Waals surface area contributed by atoms with E-state index in [4.69, 9.17) is 17.5 Å². The van der Waals surface area contributed by atoms with Crippen molar-refractivity contribution < 1.29 is 17.5 Å². The van der Waals surface area contributed by atoms with Crippen molar-refractivity contribution in [2.75, 3.05) is 20.3 Å². The minimum Gasteiger partial charge on any atom is -0.726 e. The van der Waals surface area contributed by atoms with Crippen LogP contribution >= 0.6 is 0 Å². The average Bonchev–Trinajstić information content (AvgIpc) is 2.67. The second-order valence-electron chi connectivity index (χ2n) is 4.70. The van der Waals surface area contributed by atoms with Crippen molar-refractivity contribution in [2.45, 2.75) is 45.4 Å². The summed E-state index contributed by atoms with van der Waals surface area (Å²) in [5.74, 6) is 0. The van der Waals surface area contributed by atoms with E-state index in [9.17, 15) is 0 Å². The Bertz CT molecular complexity index is 336. The van der Waals surface area contributed by atoms with Crippen molar-refractivity contribution in [3.63, 3.8) is 0 Å². The van der Waals surface area contributed by atoms with Crippen LogP contribution in [-0.4, -0.2) is 47.6 Å². The molecule has 0 bridgehead atoms. The van der Waals surface area contributed by atoms with Crippen LogP contribution in [0.3, 0.4) is 0 Å². The van der Waals surface area contributed by atoms with Crippen LogP contribution in [-0.2, 0) is 10.4 Å². The monoisotopic (exact) mass is 293 g/mol. The Hall–Kier alpha value is -0.790. The Balaban J connectivity index is 0.000000555. The average molecular weight is 293 g/mol. The van der Waals surface area contributed by atoms with Crippen molar-refractivity contribution >= 4 is 10.4 Å². The highest BCUT2D eigenvalue weighted by Crippen LogP contribution is 2.08. The molecule has 1 heterocycles. The molecule has 0 amide bonds. The number of nitrogens with zero attached hydrogens (tertiary/aromatic N) is 2. The van der Waals surface area contributed by atoms with Gasteiger partial charge in [-0.2, -0.15) is 0 Å². The van der Waals surface area contributed by atoms with Gasteiger partial charge < -0.3 is 14.4 Å². The Kier molecular flexibility index (Phi) is 9.63. The third-order valence-electron chi connectivity index (χ3n) is 2.74. The highest BCUT2D eigenvalue weighted by Gasteiger charge is 2.06. The minimum atomic E-state index is -4.92. The molecule has 1 aliphatic rings. The molecule has 0 fully saturated rings. The van der Waals surface area contributed by atoms with Crippen LogP contribution in [0.25, 0.3) is 0 Å². The van der Waals surface area contributed by atoms with Gasteiger partial charge in [-0.25, -0.2) is 8.42 Å². The molecule has 114 valence electrons. The maximum atomic E-state index is 8.63. The summed E-state index contributed by atoms with van der Waals surface area (Å²) in [5.41, 5.74) is 0. The zero-order valence-corrected chi connectivity index (χ0v) is 12.6. The quantitative estimate of drug-likeness (QED) is 0.439. The van der Waals surface area contributed by atoms with Gasteiger partial charge in [0.2, 0.25) is 10.4 Å². The van der Waals surface area contributed by atoms with Gasteiger partial charge >= 0.3 is 0 Å². The molecule has 19 heavy (non-hydrogen) atoms. The second kappa shape index (κ2) is 10.1. The lowest BCUT2D eigenvalue weighted by atomic mass is 10.1. The van der Waals surface area contributed by atoms with E-state index >= 15 is 0 Å². The lowest BCUT2D eigenvalue weighted by Gasteiger charge is -2.17. The van der Waals surface area contributed by atoms with Gasteiger partial charge in [-0.3, -0.25) is 4.55 Å². The standard InChI is InChI=1S/C12H24N2.H2O4S/c1-3-4-5-6-7-8-9-14-11-10-13(2)12-14;1-5(2,3)4/h10-11H,3-9,12H2,1-2H3;(H2,1,2,3,4)/p-1. The van der Waals surface area contributed by atoms with Crippen molar-refractivity contribution in [3.05, 3.63) is 12.4 Å². The van der Waals surface area contributed by atoms with Gasteiger partial charge in [-0.15, -0.1) is 0 Å². The molecule has 1 N–H and O–H groups in total. The summed E-state index contributed by atoms with van der Waals surface area (Å²) in [5, 5.41) is 0. The fourth-order valence-electron chi connectivity index (χ4n) is 1.83. The summed E-state index contributed by atoms with van der Waals surface area (Å²) in [6.07, 6.45) is 12.7. The van der Waals surface area contributed by atoms with Crippen LogP contribution in [0.2, 0.25) is 0 Å². The van der Waals surface area contributed by atoms with Crippen LogP contribution in [0.4, 0.5) is 0 Å². The van der Waals surface area contributed by atoms with E-state index in [1.54, 1.807) is 0 Å². The molecular formula is C12H25N2O4S-. The third-order valence-corrected chi connectivity index (χ3v) is 2.74. The number of rotatable bonds is 7. The molecule has 1 rings (SSSR count). The SMILES string of the molecule is CCCCCCCCN1C=CN(C)C1.O=S(=O)([O-])O. The van der Waals surface area contributed by atoms with E-state index in [1.165, 1.54) is 45.1 Å². The summed E-state index contributed by atoms with van der Waals surface area (Å²) in [7, 11) is -2.79. The molecule has 0 unspecified atom stereocenters. The van der Waals surface area contributed by atoms with Crippen LogP contribution in [0, 0.1) is 0 Å². The van der Waals surface area contributed by atoms with Crippen LogP contribution in [0.1, 0.15) is 45.4 Å². The maximum Gasteiger partial charge on any atom is 0.215 e. The summed E-state index contributed by atoms with van der Waals surface area (Å²) >= 11 is 0. The summed E-state index contributed by atoms with van der Waals surface area (Å²) in [4.78, 5) is 4.61. The molecule has 0 aromatic rings. The molecular weight excluding hydrogens is 268 g/mol. The fraction of sp³-hybridized carbons (Fsp3) is 0.833. The molecule has 0 aliphatic carbocycles. The highest BCUT2D eigenvalue weighted by atomic mass is 32.3. The van der Waals surface area contributed by atoms with Crippen LogP contribution < -0.4 is 0 Å². The van der Waals surface area contributed by atoms with Gasteiger partial charge in [0.1, 0.15) is 0 Å². The smallest absolute Gasteiger partial charge is 0.215 e. The first kappa shape index (κ1) is 18.2. The predicted molar refractivity (Wildman–Crippen MR) is 74.2 cm³/mol. The highest BCUT2D eigenvalue weighted by molar-refractivity contribution is 7.79.